The molecule has 1 heterocycles. The first-order valence-corrected chi connectivity index (χ1v) is 8.20. The highest BCUT2D eigenvalue weighted by Gasteiger charge is 2.27. The lowest BCUT2D eigenvalue weighted by Gasteiger charge is -2.33. The number of carbonyl (C=O) groups excluding carboxylic acids is 2. The Hall–Kier alpha value is -1.68. The molecule has 118 valence electrons. The molecular formula is C18H24N2O2. The van der Waals surface area contributed by atoms with E-state index in [0.29, 0.717) is 24.3 Å². The molecular weight excluding hydrogens is 276 g/mol. The Kier molecular flexibility index (Phi) is 4.30. The molecule has 0 saturated carbocycles. The van der Waals surface area contributed by atoms with E-state index in [2.05, 4.69) is 24.2 Å². The minimum absolute atomic E-state index is 0.0296. The van der Waals surface area contributed by atoms with E-state index in [4.69, 9.17) is 0 Å². The number of benzene rings is 1. The summed E-state index contributed by atoms with van der Waals surface area (Å²) < 4.78 is 0. The number of likely N-dealkylation sites (tertiary alicyclic amines) is 1. The van der Waals surface area contributed by atoms with Crippen LogP contribution in [0.15, 0.2) is 18.2 Å². The molecule has 1 aromatic carbocycles. The molecule has 0 unspecified atom stereocenters. The van der Waals surface area contributed by atoms with E-state index in [1.165, 1.54) is 0 Å². The second kappa shape index (κ2) is 6.21. The fraction of sp³-hybridized carbons (Fsp3) is 0.556. The minimum Gasteiger partial charge on any atom is -0.349 e. The molecule has 1 aliphatic heterocycles. The highest BCUT2D eigenvalue weighted by molar-refractivity contribution is 6.05. The van der Waals surface area contributed by atoms with Gasteiger partial charge in [-0.25, -0.2) is 0 Å². The molecule has 0 radical (unpaired) electrons. The molecule has 1 N–H and O–H groups in total. The van der Waals surface area contributed by atoms with Crippen LogP contribution in [0, 0.1) is 5.92 Å². The fourth-order valence-electron chi connectivity index (χ4n) is 3.63. The van der Waals surface area contributed by atoms with Gasteiger partial charge in [0.25, 0.3) is 5.91 Å². The Morgan fingerprint density at radius 3 is 2.73 bits per heavy atom. The van der Waals surface area contributed by atoms with Crippen LogP contribution >= 0.6 is 0 Å². The predicted molar refractivity (Wildman–Crippen MR) is 86.2 cm³/mol. The number of hydrogen-bond acceptors (Lipinski definition) is 3. The second-order valence-electron chi connectivity index (χ2n) is 6.66. The summed E-state index contributed by atoms with van der Waals surface area (Å²) in [6.45, 7) is 4.29. The van der Waals surface area contributed by atoms with Crippen LogP contribution in [0.2, 0.25) is 0 Å². The number of carbonyl (C=O) groups is 2. The molecule has 1 aliphatic carbocycles. The van der Waals surface area contributed by atoms with Gasteiger partial charge in [0.05, 0.1) is 0 Å². The van der Waals surface area contributed by atoms with Gasteiger partial charge in [-0.3, -0.25) is 9.59 Å². The Balaban J connectivity index is 1.69. The monoisotopic (exact) mass is 300 g/mol. The van der Waals surface area contributed by atoms with Crippen molar-refractivity contribution in [3.8, 4) is 0 Å². The molecule has 0 bridgehead atoms. The quantitative estimate of drug-likeness (QED) is 0.931. The summed E-state index contributed by atoms with van der Waals surface area (Å²) in [5.41, 5.74) is 2.35. The smallest absolute Gasteiger partial charge is 0.251 e. The van der Waals surface area contributed by atoms with Crippen LogP contribution in [0.4, 0.5) is 0 Å². The lowest BCUT2D eigenvalue weighted by molar-refractivity contribution is 0.0908. The molecule has 0 aromatic heterocycles. The first-order chi connectivity index (χ1) is 10.6. The van der Waals surface area contributed by atoms with Crippen LogP contribution in [0.1, 0.15) is 52.5 Å². The van der Waals surface area contributed by atoms with E-state index in [-0.39, 0.29) is 17.7 Å². The minimum atomic E-state index is -0.0296. The summed E-state index contributed by atoms with van der Waals surface area (Å²) in [5.74, 6) is 0.671. The number of nitrogens with zero attached hydrogens (tertiary/aromatic N) is 1. The van der Waals surface area contributed by atoms with Crippen molar-refractivity contribution < 1.29 is 9.59 Å². The van der Waals surface area contributed by atoms with Crippen LogP contribution < -0.4 is 5.32 Å². The third-order valence-corrected chi connectivity index (χ3v) is 5.15. The molecule has 1 atom stereocenters. The lowest BCUT2D eigenvalue weighted by Crippen LogP contribution is -2.43. The van der Waals surface area contributed by atoms with Gasteiger partial charge in [-0.15, -0.1) is 0 Å². The van der Waals surface area contributed by atoms with Gasteiger partial charge in [0.2, 0.25) is 0 Å². The molecule has 22 heavy (non-hydrogen) atoms. The molecule has 1 aromatic rings. The van der Waals surface area contributed by atoms with E-state index in [1.807, 2.05) is 18.2 Å². The Bertz CT molecular complexity index is 589. The number of Topliss-reactive ketones (excluding diaryl/α,β-unsaturated/α-hetero) is 1. The van der Waals surface area contributed by atoms with Crippen molar-refractivity contribution in [3.63, 3.8) is 0 Å². The van der Waals surface area contributed by atoms with Gasteiger partial charge in [0.15, 0.2) is 5.78 Å². The summed E-state index contributed by atoms with van der Waals surface area (Å²) in [7, 11) is 2.14. The van der Waals surface area contributed by atoms with Gasteiger partial charge in [-0.2, -0.15) is 0 Å². The molecule has 4 nitrogen and oxygen atoms in total. The molecule has 0 spiro atoms. The van der Waals surface area contributed by atoms with Crippen LogP contribution in [0.25, 0.3) is 0 Å². The van der Waals surface area contributed by atoms with Gasteiger partial charge < -0.3 is 10.2 Å². The summed E-state index contributed by atoms with van der Waals surface area (Å²) >= 11 is 0. The zero-order valence-corrected chi connectivity index (χ0v) is 13.4. The van der Waals surface area contributed by atoms with Gasteiger partial charge in [-0.1, -0.05) is 12.1 Å². The lowest BCUT2D eigenvalue weighted by atomic mass is 9.90. The normalized spacial score (nSPS) is 20.7. The number of fused-ring (bicyclic) bond motifs is 1. The van der Waals surface area contributed by atoms with E-state index in [0.717, 1.165) is 37.1 Å². The highest BCUT2D eigenvalue weighted by atomic mass is 16.1. The highest BCUT2D eigenvalue weighted by Crippen LogP contribution is 2.26. The number of hydrogen-bond donors (Lipinski definition) is 1. The fourth-order valence-corrected chi connectivity index (χ4v) is 3.63. The van der Waals surface area contributed by atoms with Crippen LogP contribution in [0.3, 0.4) is 0 Å². The van der Waals surface area contributed by atoms with Crippen molar-refractivity contribution in [2.24, 2.45) is 5.92 Å². The average Bonchev–Trinajstić information content (AvgIpc) is 2.89. The van der Waals surface area contributed by atoms with Gasteiger partial charge >= 0.3 is 0 Å². The first kappa shape index (κ1) is 15.2. The summed E-state index contributed by atoms with van der Waals surface area (Å²) in [4.78, 5) is 26.7. The van der Waals surface area contributed by atoms with Crippen molar-refractivity contribution >= 4 is 11.7 Å². The Labute approximate surface area is 131 Å². The summed E-state index contributed by atoms with van der Waals surface area (Å²) in [6.07, 6.45) is 3.48. The van der Waals surface area contributed by atoms with Gasteiger partial charge in [0, 0.05) is 23.6 Å². The molecule has 4 heteroatoms. The average molecular weight is 300 g/mol. The number of nitrogens with one attached hydrogen (secondary N) is 1. The number of amides is 1. The van der Waals surface area contributed by atoms with E-state index in [9.17, 15) is 9.59 Å². The predicted octanol–water partition coefficient (Wildman–Crippen LogP) is 2.28. The van der Waals surface area contributed by atoms with Crippen LogP contribution in [0.5, 0.6) is 0 Å². The number of ketones is 1. The largest absolute Gasteiger partial charge is 0.349 e. The topological polar surface area (TPSA) is 49.4 Å². The molecule has 2 aliphatic rings. The van der Waals surface area contributed by atoms with Crippen LogP contribution in [-0.2, 0) is 6.42 Å². The summed E-state index contributed by atoms with van der Waals surface area (Å²) in [5, 5.41) is 3.16. The maximum absolute atomic E-state index is 12.6. The van der Waals surface area contributed by atoms with Crippen molar-refractivity contribution in [1.29, 1.82) is 0 Å². The van der Waals surface area contributed by atoms with Crippen LogP contribution in [-0.4, -0.2) is 42.8 Å². The third kappa shape index (κ3) is 2.93. The molecule has 1 saturated heterocycles. The Morgan fingerprint density at radius 2 is 2.00 bits per heavy atom. The third-order valence-electron chi connectivity index (χ3n) is 5.15. The Morgan fingerprint density at radius 1 is 1.27 bits per heavy atom. The zero-order valence-electron chi connectivity index (χ0n) is 13.4. The molecule has 1 amide bonds. The SMILES string of the molecule is C[C@@H](NC(=O)c1cccc2c1CCC2=O)C1CCN(C)CC1. The van der Waals surface area contributed by atoms with E-state index in [1.54, 1.807) is 0 Å². The maximum Gasteiger partial charge on any atom is 0.251 e. The van der Waals surface area contributed by atoms with Crippen molar-refractivity contribution in [3.05, 3.63) is 34.9 Å². The first-order valence-electron chi connectivity index (χ1n) is 8.20. The molecule has 3 rings (SSSR count). The maximum atomic E-state index is 12.6. The molecule has 1 fully saturated rings. The van der Waals surface area contributed by atoms with E-state index < -0.39 is 0 Å². The second-order valence-corrected chi connectivity index (χ2v) is 6.66. The summed E-state index contributed by atoms with van der Waals surface area (Å²) in [6, 6.07) is 5.67. The number of rotatable bonds is 3. The van der Waals surface area contributed by atoms with Gasteiger partial charge in [0.1, 0.15) is 0 Å². The van der Waals surface area contributed by atoms with E-state index >= 15 is 0 Å². The zero-order chi connectivity index (χ0) is 15.7. The standard InChI is InChI=1S/C18H24N2O2/c1-12(13-8-10-20(2)11-9-13)19-18(22)16-5-3-4-15-14(16)6-7-17(15)21/h3-5,12-13H,6-11H2,1-2H3,(H,19,22)/t12-/m1/s1. The van der Waals surface area contributed by atoms with Gasteiger partial charge in [-0.05, 0) is 63.9 Å². The van der Waals surface area contributed by atoms with Crippen molar-refractivity contribution in [2.45, 2.75) is 38.6 Å². The van der Waals surface area contributed by atoms with Crippen molar-refractivity contribution in [1.82, 2.24) is 10.2 Å². The van der Waals surface area contributed by atoms with Crippen molar-refractivity contribution in [2.75, 3.05) is 20.1 Å². The number of piperidine rings is 1.